The van der Waals surface area contributed by atoms with Crippen molar-refractivity contribution < 1.29 is 9.53 Å². The highest BCUT2D eigenvalue weighted by Crippen LogP contribution is 2.38. The molecule has 4 heteroatoms. The number of fused-ring (bicyclic) bond motifs is 1. The number of carbonyl (C=O) groups is 1. The van der Waals surface area contributed by atoms with Crippen molar-refractivity contribution in [1.82, 2.24) is 4.90 Å². The summed E-state index contributed by atoms with van der Waals surface area (Å²) in [5, 5.41) is 0. The molecule has 0 aliphatic carbocycles. The second kappa shape index (κ2) is 8.36. The first-order valence-corrected chi connectivity index (χ1v) is 10.5. The van der Waals surface area contributed by atoms with Gasteiger partial charge in [-0.1, -0.05) is 48.9 Å². The van der Waals surface area contributed by atoms with Gasteiger partial charge < -0.3 is 9.64 Å². The van der Waals surface area contributed by atoms with Gasteiger partial charge in [-0.05, 0) is 45.2 Å². The molecule has 4 nitrogen and oxygen atoms in total. The molecule has 2 aliphatic rings. The summed E-state index contributed by atoms with van der Waals surface area (Å²) in [5.74, 6) is 0.820. The number of nitrogens with zero attached hydrogens (tertiary/aromatic N) is 2. The number of rotatable bonds is 5. The zero-order valence-corrected chi connectivity index (χ0v) is 16.9. The van der Waals surface area contributed by atoms with Crippen LogP contribution < -0.4 is 9.64 Å². The third-order valence-electron chi connectivity index (χ3n) is 6.17. The van der Waals surface area contributed by atoms with Crippen LogP contribution in [0.3, 0.4) is 0 Å². The molecule has 2 aromatic carbocycles. The Labute approximate surface area is 168 Å². The maximum absolute atomic E-state index is 13.3. The topological polar surface area (TPSA) is 32.8 Å². The molecule has 148 valence electrons. The van der Waals surface area contributed by atoms with E-state index in [1.165, 1.54) is 19.3 Å². The Hall–Kier alpha value is -2.33. The van der Waals surface area contributed by atoms with Gasteiger partial charge in [0.2, 0.25) is 6.10 Å². The van der Waals surface area contributed by atoms with Gasteiger partial charge in [0.1, 0.15) is 5.75 Å². The van der Waals surface area contributed by atoms with E-state index in [4.69, 9.17) is 4.74 Å². The molecule has 4 rings (SSSR count). The molecular formula is C24H30N2O2. The van der Waals surface area contributed by atoms with E-state index in [9.17, 15) is 4.79 Å². The van der Waals surface area contributed by atoms with Crippen LogP contribution in [0.15, 0.2) is 54.6 Å². The van der Waals surface area contributed by atoms with Crippen LogP contribution in [-0.4, -0.2) is 36.0 Å². The lowest BCUT2D eigenvalue weighted by Gasteiger charge is -2.40. The molecule has 0 spiro atoms. The molecule has 3 unspecified atom stereocenters. The maximum Gasteiger partial charge on any atom is 0.272 e. The molecular weight excluding hydrogens is 348 g/mol. The Morgan fingerprint density at radius 3 is 2.36 bits per heavy atom. The van der Waals surface area contributed by atoms with Crippen molar-refractivity contribution in [1.29, 1.82) is 0 Å². The van der Waals surface area contributed by atoms with E-state index < -0.39 is 6.10 Å². The molecule has 28 heavy (non-hydrogen) atoms. The standard InChI is InChI=1S/C24H30N2O2/c1-18-10-8-11-19(2)25(18)16-9-17-26-21-14-6-7-15-22(21)28-23(24(26)27)20-12-4-3-5-13-20/h3-7,12-15,18-19,23H,8-11,16-17H2,1-2H3. The van der Waals surface area contributed by atoms with E-state index in [0.29, 0.717) is 12.1 Å². The zero-order valence-electron chi connectivity index (χ0n) is 16.9. The van der Waals surface area contributed by atoms with Crippen LogP contribution >= 0.6 is 0 Å². The number of para-hydroxylation sites is 2. The van der Waals surface area contributed by atoms with Crippen molar-refractivity contribution in [2.45, 2.75) is 57.7 Å². The fraction of sp³-hybridized carbons (Fsp3) is 0.458. The Balaban J connectivity index is 1.50. The quantitative estimate of drug-likeness (QED) is 0.749. The Morgan fingerprint density at radius 2 is 1.61 bits per heavy atom. The fourth-order valence-electron chi connectivity index (χ4n) is 4.61. The van der Waals surface area contributed by atoms with Gasteiger partial charge in [0, 0.05) is 30.7 Å². The molecule has 0 saturated carbocycles. The van der Waals surface area contributed by atoms with Crippen LogP contribution in [0.4, 0.5) is 5.69 Å². The van der Waals surface area contributed by atoms with Gasteiger partial charge in [0.25, 0.3) is 5.91 Å². The summed E-state index contributed by atoms with van der Waals surface area (Å²) in [7, 11) is 0. The maximum atomic E-state index is 13.3. The molecule has 2 aromatic rings. The number of carbonyl (C=O) groups excluding carboxylic acids is 1. The SMILES string of the molecule is CC1CCCC(C)N1CCCN1C(=O)C(c2ccccc2)Oc2ccccc21. The molecule has 0 N–H and O–H groups in total. The van der Waals surface area contributed by atoms with Crippen molar-refractivity contribution in [3.8, 4) is 5.75 Å². The number of benzene rings is 2. The largest absolute Gasteiger partial charge is 0.474 e. The summed E-state index contributed by atoms with van der Waals surface area (Å²) < 4.78 is 6.09. The second-order valence-electron chi connectivity index (χ2n) is 8.09. The van der Waals surface area contributed by atoms with E-state index in [-0.39, 0.29) is 5.91 Å². The van der Waals surface area contributed by atoms with Crippen LogP contribution in [0.5, 0.6) is 5.75 Å². The normalized spacial score (nSPS) is 25.3. The van der Waals surface area contributed by atoms with Gasteiger partial charge >= 0.3 is 0 Å². The first-order chi connectivity index (χ1) is 13.6. The summed E-state index contributed by atoms with van der Waals surface area (Å²) >= 11 is 0. The van der Waals surface area contributed by atoms with Gasteiger partial charge in [-0.15, -0.1) is 0 Å². The summed E-state index contributed by atoms with van der Waals surface area (Å²) in [6.07, 6.45) is 4.28. The summed E-state index contributed by atoms with van der Waals surface area (Å²) in [6.45, 7) is 6.41. The van der Waals surface area contributed by atoms with Crippen LogP contribution in [-0.2, 0) is 4.79 Å². The highest BCUT2D eigenvalue weighted by molar-refractivity contribution is 6.00. The highest BCUT2D eigenvalue weighted by atomic mass is 16.5. The Kier molecular flexibility index (Phi) is 5.67. The van der Waals surface area contributed by atoms with Gasteiger partial charge in [-0.3, -0.25) is 9.69 Å². The zero-order chi connectivity index (χ0) is 19.5. The summed E-state index contributed by atoms with van der Waals surface area (Å²) in [4.78, 5) is 17.8. The van der Waals surface area contributed by atoms with Crippen LogP contribution in [0.1, 0.15) is 51.2 Å². The molecule has 2 heterocycles. The fourth-order valence-corrected chi connectivity index (χ4v) is 4.61. The third-order valence-corrected chi connectivity index (χ3v) is 6.17. The van der Waals surface area contributed by atoms with E-state index in [2.05, 4.69) is 18.7 Å². The Bertz CT molecular complexity index is 797. The van der Waals surface area contributed by atoms with Gasteiger partial charge in [0.05, 0.1) is 5.69 Å². The average molecular weight is 379 g/mol. The van der Waals surface area contributed by atoms with E-state index in [1.54, 1.807) is 0 Å². The first-order valence-electron chi connectivity index (χ1n) is 10.5. The van der Waals surface area contributed by atoms with Crippen LogP contribution in [0.25, 0.3) is 0 Å². The molecule has 2 aliphatic heterocycles. The number of likely N-dealkylation sites (tertiary alicyclic amines) is 1. The van der Waals surface area contributed by atoms with Crippen molar-refractivity contribution in [2.75, 3.05) is 18.0 Å². The molecule has 1 saturated heterocycles. The number of ether oxygens (including phenoxy) is 1. The van der Waals surface area contributed by atoms with Crippen molar-refractivity contribution >= 4 is 11.6 Å². The van der Waals surface area contributed by atoms with Crippen molar-refractivity contribution in [3.63, 3.8) is 0 Å². The summed E-state index contributed by atoms with van der Waals surface area (Å²) in [6, 6.07) is 18.9. The highest BCUT2D eigenvalue weighted by Gasteiger charge is 2.35. The monoisotopic (exact) mass is 378 g/mol. The van der Waals surface area contributed by atoms with Gasteiger partial charge in [-0.2, -0.15) is 0 Å². The van der Waals surface area contributed by atoms with Crippen LogP contribution in [0.2, 0.25) is 0 Å². The predicted molar refractivity (Wildman–Crippen MR) is 113 cm³/mol. The molecule has 1 fully saturated rings. The van der Waals surface area contributed by atoms with E-state index >= 15 is 0 Å². The second-order valence-corrected chi connectivity index (χ2v) is 8.09. The summed E-state index contributed by atoms with van der Waals surface area (Å²) in [5.41, 5.74) is 1.80. The molecule has 0 radical (unpaired) electrons. The number of piperidine rings is 1. The van der Waals surface area contributed by atoms with Gasteiger partial charge in [-0.25, -0.2) is 0 Å². The predicted octanol–water partition coefficient (Wildman–Crippen LogP) is 4.81. The first kappa shape index (κ1) is 19.0. The van der Waals surface area contributed by atoms with Crippen molar-refractivity contribution in [2.24, 2.45) is 0 Å². The molecule has 0 aromatic heterocycles. The number of hydrogen-bond acceptors (Lipinski definition) is 3. The van der Waals surface area contributed by atoms with E-state index in [1.807, 2.05) is 59.5 Å². The lowest BCUT2D eigenvalue weighted by Crippen LogP contribution is -2.46. The van der Waals surface area contributed by atoms with Crippen molar-refractivity contribution in [3.05, 3.63) is 60.2 Å². The number of hydrogen-bond donors (Lipinski definition) is 0. The number of anilines is 1. The molecule has 0 bridgehead atoms. The molecule has 3 atom stereocenters. The van der Waals surface area contributed by atoms with Gasteiger partial charge in [0.15, 0.2) is 0 Å². The lowest BCUT2D eigenvalue weighted by atomic mass is 9.97. The third kappa shape index (κ3) is 3.79. The lowest BCUT2D eigenvalue weighted by molar-refractivity contribution is -0.126. The van der Waals surface area contributed by atoms with Crippen LogP contribution in [0, 0.1) is 0 Å². The number of amides is 1. The molecule has 1 amide bonds. The minimum absolute atomic E-state index is 0.0321. The Morgan fingerprint density at radius 1 is 0.929 bits per heavy atom. The average Bonchev–Trinajstić information content (AvgIpc) is 2.72. The minimum Gasteiger partial charge on any atom is -0.474 e. The van der Waals surface area contributed by atoms with E-state index in [0.717, 1.165) is 36.5 Å². The minimum atomic E-state index is -0.566. The smallest absolute Gasteiger partial charge is 0.272 e.